The maximum atomic E-state index is 12.9. The Morgan fingerprint density at radius 2 is 2.16 bits per heavy atom. The minimum atomic E-state index is -0.269. The lowest BCUT2D eigenvalue weighted by Crippen LogP contribution is -2.23. The largest absolute Gasteiger partial charge is 0.465 e. The number of aromatic amines is 1. The molecule has 0 radical (unpaired) electrons. The second kappa shape index (κ2) is 8.34. The van der Waals surface area contributed by atoms with Gasteiger partial charge in [-0.3, -0.25) is 4.79 Å². The van der Waals surface area contributed by atoms with Gasteiger partial charge in [0.15, 0.2) is 5.16 Å². The van der Waals surface area contributed by atoms with Crippen LogP contribution in [0, 0.1) is 5.82 Å². The molecular formula is C18H16FN3O2S. The van der Waals surface area contributed by atoms with E-state index in [1.54, 1.807) is 42.8 Å². The van der Waals surface area contributed by atoms with Gasteiger partial charge >= 0.3 is 0 Å². The molecule has 3 aromatic rings. The molecule has 25 heavy (non-hydrogen) atoms. The number of aromatic nitrogens is 2. The van der Waals surface area contributed by atoms with E-state index in [2.05, 4.69) is 15.3 Å². The minimum Gasteiger partial charge on any atom is -0.465 e. The Bertz CT molecular complexity index is 842. The molecule has 0 aliphatic heterocycles. The Hall–Kier alpha value is -2.80. The minimum absolute atomic E-state index is 0.177. The average Bonchev–Trinajstić information content (AvgIpc) is 3.29. The third-order valence-electron chi connectivity index (χ3n) is 3.29. The summed E-state index contributed by atoms with van der Waals surface area (Å²) in [6.45, 7) is 0.512. The maximum absolute atomic E-state index is 12.9. The van der Waals surface area contributed by atoms with Crippen molar-refractivity contribution in [3.05, 3.63) is 66.5 Å². The van der Waals surface area contributed by atoms with Crippen LogP contribution in [-0.4, -0.2) is 28.2 Å². The zero-order chi connectivity index (χ0) is 17.5. The molecule has 2 aromatic heterocycles. The third-order valence-corrected chi connectivity index (χ3v) is 4.18. The van der Waals surface area contributed by atoms with E-state index in [0.717, 1.165) is 16.4 Å². The van der Waals surface area contributed by atoms with E-state index in [9.17, 15) is 9.18 Å². The number of rotatable bonds is 7. The summed E-state index contributed by atoms with van der Waals surface area (Å²) in [5.74, 6) is 0.864. The summed E-state index contributed by atoms with van der Waals surface area (Å²) >= 11 is 1.50. The number of carbonyl (C=O) groups excluding carboxylic acids is 1. The molecule has 0 bridgehead atoms. The summed E-state index contributed by atoms with van der Waals surface area (Å²) in [6, 6.07) is 9.75. The molecule has 0 aliphatic carbocycles. The predicted molar refractivity (Wildman–Crippen MR) is 95.5 cm³/mol. The summed E-state index contributed by atoms with van der Waals surface area (Å²) in [5.41, 5.74) is 1.70. The highest BCUT2D eigenvalue weighted by Gasteiger charge is 2.04. The summed E-state index contributed by atoms with van der Waals surface area (Å²) in [4.78, 5) is 19.1. The van der Waals surface area contributed by atoms with E-state index in [1.807, 2.05) is 0 Å². The number of hydrogen-bond donors (Lipinski definition) is 2. The van der Waals surface area contributed by atoms with Gasteiger partial charge in [-0.25, -0.2) is 9.37 Å². The van der Waals surface area contributed by atoms with Crippen LogP contribution in [0.3, 0.4) is 0 Å². The van der Waals surface area contributed by atoms with Crippen molar-refractivity contribution in [2.45, 2.75) is 5.16 Å². The molecule has 7 heteroatoms. The Morgan fingerprint density at radius 1 is 1.32 bits per heavy atom. The Balaban J connectivity index is 1.42. The molecule has 0 fully saturated rings. The molecule has 0 aliphatic rings. The predicted octanol–water partition coefficient (Wildman–Crippen LogP) is 3.73. The fourth-order valence-corrected chi connectivity index (χ4v) is 2.78. The zero-order valence-electron chi connectivity index (χ0n) is 13.2. The van der Waals surface area contributed by atoms with E-state index in [-0.39, 0.29) is 11.7 Å². The quantitative estimate of drug-likeness (QED) is 0.384. The summed E-state index contributed by atoms with van der Waals surface area (Å²) in [5, 5.41) is 3.54. The first-order chi connectivity index (χ1) is 12.2. The number of amides is 1. The number of imidazole rings is 1. The third kappa shape index (κ3) is 5.09. The van der Waals surface area contributed by atoms with Crippen LogP contribution in [-0.2, 0) is 4.79 Å². The second-order valence-corrected chi connectivity index (χ2v) is 6.18. The Morgan fingerprint density at radius 3 is 2.92 bits per heavy atom. The smallest absolute Gasteiger partial charge is 0.244 e. The van der Waals surface area contributed by atoms with Gasteiger partial charge in [-0.1, -0.05) is 11.8 Å². The molecule has 0 unspecified atom stereocenters. The van der Waals surface area contributed by atoms with Crippen LogP contribution in [0.2, 0.25) is 0 Å². The number of thioether (sulfide) groups is 1. The first kappa shape index (κ1) is 17.0. The number of nitrogens with zero attached hydrogens (tertiary/aromatic N) is 1. The molecule has 2 N–H and O–H groups in total. The van der Waals surface area contributed by atoms with Gasteiger partial charge in [0.1, 0.15) is 11.6 Å². The van der Waals surface area contributed by atoms with Gasteiger partial charge in [0, 0.05) is 18.4 Å². The van der Waals surface area contributed by atoms with Crippen molar-refractivity contribution in [2.75, 3.05) is 12.3 Å². The number of hydrogen-bond acceptors (Lipinski definition) is 4. The fourth-order valence-electron chi connectivity index (χ4n) is 2.08. The standard InChI is InChI=1S/C18H16FN3O2S/c19-14-5-3-13(4-6-14)16-12-21-18(22-16)25-11-9-20-17(23)8-7-15-2-1-10-24-15/h1-8,10,12H,9,11H2,(H,20,23)(H,21,22)/b8-7+. The van der Waals surface area contributed by atoms with Gasteiger partial charge in [0.2, 0.25) is 5.91 Å². The highest BCUT2D eigenvalue weighted by molar-refractivity contribution is 7.99. The first-order valence-electron chi connectivity index (χ1n) is 7.64. The lowest BCUT2D eigenvalue weighted by atomic mass is 10.2. The summed E-state index contributed by atoms with van der Waals surface area (Å²) in [6.07, 6.45) is 6.31. The SMILES string of the molecule is O=C(/C=C/c1ccco1)NCCSc1ncc(-c2ccc(F)cc2)[nH]1. The normalized spacial score (nSPS) is 11.1. The number of halogens is 1. The first-order valence-corrected chi connectivity index (χ1v) is 8.62. The van der Waals surface area contributed by atoms with Gasteiger partial charge in [-0.2, -0.15) is 0 Å². The van der Waals surface area contributed by atoms with E-state index in [1.165, 1.54) is 30.0 Å². The van der Waals surface area contributed by atoms with Gasteiger partial charge < -0.3 is 14.7 Å². The van der Waals surface area contributed by atoms with Crippen LogP contribution in [0.1, 0.15) is 5.76 Å². The number of nitrogens with one attached hydrogen (secondary N) is 2. The zero-order valence-corrected chi connectivity index (χ0v) is 14.1. The van der Waals surface area contributed by atoms with E-state index in [4.69, 9.17) is 4.42 Å². The Kier molecular flexibility index (Phi) is 5.69. The molecule has 0 atom stereocenters. The second-order valence-electron chi connectivity index (χ2n) is 5.10. The number of H-pyrrole nitrogens is 1. The van der Waals surface area contributed by atoms with Crippen LogP contribution < -0.4 is 5.32 Å². The molecule has 3 rings (SSSR count). The van der Waals surface area contributed by atoms with Crippen LogP contribution >= 0.6 is 11.8 Å². The van der Waals surface area contributed by atoms with Crippen LogP contribution in [0.15, 0.2) is 64.5 Å². The number of furan rings is 1. The van der Waals surface area contributed by atoms with Gasteiger partial charge in [0.05, 0.1) is 18.2 Å². The number of benzene rings is 1. The van der Waals surface area contributed by atoms with E-state index >= 15 is 0 Å². The molecule has 1 amide bonds. The topological polar surface area (TPSA) is 70.9 Å². The van der Waals surface area contributed by atoms with Gasteiger partial charge in [-0.05, 0) is 48.0 Å². The van der Waals surface area contributed by atoms with E-state index in [0.29, 0.717) is 18.1 Å². The van der Waals surface area contributed by atoms with Crippen molar-refractivity contribution in [1.82, 2.24) is 15.3 Å². The van der Waals surface area contributed by atoms with Crippen molar-refractivity contribution in [2.24, 2.45) is 0 Å². The Labute approximate surface area is 148 Å². The molecule has 0 spiro atoms. The van der Waals surface area contributed by atoms with Crippen molar-refractivity contribution >= 4 is 23.7 Å². The molecular weight excluding hydrogens is 341 g/mol. The lowest BCUT2D eigenvalue weighted by Gasteiger charge is -2.00. The average molecular weight is 357 g/mol. The van der Waals surface area contributed by atoms with Crippen molar-refractivity contribution in [1.29, 1.82) is 0 Å². The molecule has 1 aromatic carbocycles. The summed E-state index contributed by atoms with van der Waals surface area (Å²) < 4.78 is 18.0. The highest BCUT2D eigenvalue weighted by atomic mass is 32.2. The number of carbonyl (C=O) groups is 1. The maximum Gasteiger partial charge on any atom is 0.244 e. The molecule has 2 heterocycles. The van der Waals surface area contributed by atoms with Crippen LogP contribution in [0.25, 0.3) is 17.3 Å². The van der Waals surface area contributed by atoms with Crippen molar-refractivity contribution < 1.29 is 13.6 Å². The lowest BCUT2D eigenvalue weighted by molar-refractivity contribution is -0.116. The molecule has 128 valence electrons. The molecule has 5 nitrogen and oxygen atoms in total. The summed E-state index contributed by atoms with van der Waals surface area (Å²) in [7, 11) is 0. The van der Waals surface area contributed by atoms with Gasteiger partial charge in [0.25, 0.3) is 0 Å². The van der Waals surface area contributed by atoms with Crippen molar-refractivity contribution in [3.8, 4) is 11.3 Å². The molecule has 0 saturated carbocycles. The van der Waals surface area contributed by atoms with Gasteiger partial charge in [-0.15, -0.1) is 0 Å². The van der Waals surface area contributed by atoms with E-state index < -0.39 is 0 Å². The fraction of sp³-hybridized carbons (Fsp3) is 0.111. The monoisotopic (exact) mass is 357 g/mol. The van der Waals surface area contributed by atoms with Crippen molar-refractivity contribution in [3.63, 3.8) is 0 Å². The highest BCUT2D eigenvalue weighted by Crippen LogP contribution is 2.21. The van der Waals surface area contributed by atoms with Crippen LogP contribution in [0.5, 0.6) is 0 Å². The molecule has 0 saturated heterocycles. The van der Waals surface area contributed by atoms with Crippen LogP contribution in [0.4, 0.5) is 4.39 Å².